The van der Waals surface area contributed by atoms with Gasteiger partial charge < -0.3 is 19.8 Å². The van der Waals surface area contributed by atoms with E-state index in [1.165, 1.54) is 6.07 Å². The molecule has 152 valence electrons. The fourth-order valence-corrected chi connectivity index (χ4v) is 3.26. The highest BCUT2D eigenvalue weighted by molar-refractivity contribution is 5.79. The Kier molecular flexibility index (Phi) is 7.45. The minimum atomic E-state index is -0.237. The van der Waals surface area contributed by atoms with Crippen LogP contribution in [0.5, 0.6) is 0 Å². The fraction of sp³-hybridized carbons (Fsp3) is 0.476. The third-order valence-electron chi connectivity index (χ3n) is 4.75. The van der Waals surface area contributed by atoms with Crippen molar-refractivity contribution >= 4 is 5.96 Å². The van der Waals surface area contributed by atoms with Crippen LogP contribution in [0.1, 0.15) is 30.0 Å². The first-order chi connectivity index (χ1) is 13.7. The molecule has 0 aliphatic carbocycles. The molecule has 1 unspecified atom stereocenters. The van der Waals surface area contributed by atoms with E-state index in [2.05, 4.69) is 20.5 Å². The standard InChI is InChI=1S/C21H29FN4O2/c1-3-23-21(24-14-17-6-4-5-7-18(17)22)25-15-19(20-9-8-16(2)28-20)26-10-12-27-13-11-26/h4-9,19H,3,10-15H2,1-2H3,(H2,23,24,25). The summed E-state index contributed by atoms with van der Waals surface area (Å²) >= 11 is 0. The maximum Gasteiger partial charge on any atom is 0.191 e. The van der Waals surface area contributed by atoms with Gasteiger partial charge in [-0.2, -0.15) is 0 Å². The molecule has 3 rings (SSSR count). The van der Waals surface area contributed by atoms with E-state index < -0.39 is 0 Å². The fourth-order valence-electron chi connectivity index (χ4n) is 3.26. The number of nitrogens with zero attached hydrogens (tertiary/aromatic N) is 2. The van der Waals surface area contributed by atoms with Crippen molar-refractivity contribution in [1.29, 1.82) is 0 Å². The number of nitrogens with one attached hydrogen (secondary N) is 2. The minimum Gasteiger partial charge on any atom is -0.465 e. The summed E-state index contributed by atoms with van der Waals surface area (Å²) in [6, 6.07) is 10.8. The van der Waals surface area contributed by atoms with E-state index in [0.717, 1.165) is 44.4 Å². The molecule has 2 N–H and O–H groups in total. The third-order valence-corrected chi connectivity index (χ3v) is 4.75. The Hall–Kier alpha value is -2.38. The first-order valence-corrected chi connectivity index (χ1v) is 9.81. The monoisotopic (exact) mass is 388 g/mol. The lowest BCUT2D eigenvalue weighted by Crippen LogP contribution is -2.46. The zero-order valence-corrected chi connectivity index (χ0v) is 16.6. The number of guanidine groups is 1. The molecule has 28 heavy (non-hydrogen) atoms. The molecule has 2 aromatic rings. The van der Waals surface area contributed by atoms with Gasteiger partial charge in [-0.25, -0.2) is 9.38 Å². The number of hydrogen-bond acceptors (Lipinski definition) is 4. The number of hydrogen-bond donors (Lipinski definition) is 2. The average Bonchev–Trinajstić information content (AvgIpc) is 3.14. The molecule has 1 aromatic heterocycles. The number of rotatable bonds is 7. The Morgan fingerprint density at radius 1 is 1.18 bits per heavy atom. The van der Waals surface area contributed by atoms with Crippen molar-refractivity contribution in [2.45, 2.75) is 26.4 Å². The highest BCUT2D eigenvalue weighted by Gasteiger charge is 2.25. The van der Waals surface area contributed by atoms with Crippen molar-refractivity contribution in [3.8, 4) is 0 Å². The molecule has 1 fully saturated rings. The Balaban J connectivity index is 1.69. The van der Waals surface area contributed by atoms with Gasteiger partial charge in [0, 0.05) is 31.7 Å². The summed E-state index contributed by atoms with van der Waals surface area (Å²) in [5.41, 5.74) is 0.575. The number of halogens is 1. The van der Waals surface area contributed by atoms with E-state index in [1.54, 1.807) is 12.1 Å². The van der Waals surface area contributed by atoms with Crippen LogP contribution in [0.3, 0.4) is 0 Å². The van der Waals surface area contributed by atoms with Crippen molar-refractivity contribution in [1.82, 2.24) is 15.5 Å². The summed E-state index contributed by atoms with van der Waals surface area (Å²) in [7, 11) is 0. The number of furan rings is 1. The van der Waals surface area contributed by atoms with Crippen LogP contribution in [-0.4, -0.2) is 50.3 Å². The predicted molar refractivity (Wildman–Crippen MR) is 108 cm³/mol. The number of ether oxygens (including phenoxy) is 1. The van der Waals surface area contributed by atoms with E-state index in [4.69, 9.17) is 9.15 Å². The number of aryl methyl sites for hydroxylation is 1. The van der Waals surface area contributed by atoms with Crippen LogP contribution in [0, 0.1) is 12.7 Å². The number of benzene rings is 1. The van der Waals surface area contributed by atoms with E-state index in [0.29, 0.717) is 18.1 Å². The van der Waals surface area contributed by atoms with Gasteiger partial charge in [-0.05, 0) is 32.0 Å². The molecule has 1 saturated heterocycles. The molecule has 1 aliphatic heterocycles. The topological polar surface area (TPSA) is 62.0 Å². The highest BCUT2D eigenvalue weighted by Crippen LogP contribution is 2.23. The molecule has 0 spiro atoms. The SMILES string of the molecule is CCNC(=NCc1ccccc1F)NCC(c1ccc(C)o1)N1CCOCC1. The molecule has 1 aromatic carbocycles. The second kappa shape index (κ2) is 10.2. The van der Waals surface area contributed by atoms with E-state index in [9.17, 15) is 4.39 Å². The minimum absolute atomic E-state index is 0.0786. The van der Waals surface area contributed by atoms with Gasteiger partial charge in [0.1, 0.15) is 17.3 Å². The van der Waals surface area contributed by atoms with Crippen LogP contribution in [0.2, 0.25) is 0 Å². The molecular formula is C21H29FN4O2. The van der Waals surface area contributed by atoms with Crippen LogP contribution in [0.15, 0.2) is 45.8 Å². The highest BCUT2D eigenvalue weighted by atomic mass is 19.1. The Bertz CT molecular complexity index is 771. The van der Waals surface area contributed by atoms with Crippen LogP contribution in [-0.2, 0) is 11.3 Å². The zero-order chi connectivity index (χ0) is 19.8. The summed E-state index contributed by atoms with van der Waals surface area (Å²) in [6.07, 6.45) is 0. The molecule has 0 radical (unpaired) electrons. The smallest absolute Gasteiger partial charge is 0.191 e. The molecule has 2 heterocycles. The van der Waals surface area contributed by atoms with E-state index >= 15 is 0 Å². The lowest BCUT2D eigenvalue weighted by atomic mass is 10.1. The molecule has 1 atom stereocenters. The summed E-state index contributed by atoms with van der Waals surface area (Å²) in [6.45, 7) is 8.76. The van der Waals surface area contributed by atoms with Gasteiger partial charge in [0.15, 0.2) is 5.96 Å². The molecule has 0 amide bonds. The molecular weight excluding hydrogens is 359 g/mol. The largest absolute Gasteiger partial charge is 0.465 e. The second-order valence-electron chi connectivity index (χ2n) is 6.78. The molecule has 6 nitrogen and oxygen atoms in total. The van der Waals surface area contributed by atoms with Gasteiger partial charge in [0.2, 0.25) is 0 Å². The van der Waals surface area contributed by atoms with Crippen molar-refractivity contribution in [2.24, 2.45) is 4.99 Å². The van der Waals surface area contributed by atoms with Crippen LogP contribution in [0.25, 0.3) is 0 Å². The van der Waals surface area contributed by atoms with Crippen LogP contribution < -0.4 is 10.6 Å². The third kappa shape index (κ3) is 5.56. The van der Waals surface area contributed by atoms with Crippen LogP contribution in [0.4, 0.5) is 4.39 Å². The van der Waals surface area contributed by atoms with Crippen molar-refractivity contribution in [2.75, 3.05) is 39.4 Å². The van der Waals surface area contributed by atoms with Gasteiger partial charge in [-0.1, -0.05) is 18.2 Å². The quantitative estimate of drug-likeness (QED) is 0.564. The first kappa shape index (κ1) is 20.4. The zero-order valence-electron chi connectivity index (χ0n) is 16.6. The Labute approximate surface area is 165 Å². The molecule has 0 saturated carbocycles. The van der Waals surface area contributed by atoms with Crippen molar-refractivity contribution in [3.05, 3.63) is 59.3 Å². The first-order valence-electron chi connectivity index (χ1n) is 9.81. The summed E-state index contributed by atoms with van der Waals surface area (Å²) < 4.78 is 25.3. The summed E-state index contributed by atoms with van der Waals surface area (Å²) in [5, 5.41) is 6.62. The van der Waals surface area contributed by atoms with Crippen molar-refractivity contribution in [3.63, 3.8) is 0 Å². The molecule has 1 aliphatic rings. The van der Waals surface area contributed by atoms with Gasteiger partial charge in [0.05, 0.1) is 25.8 Å². The van der Waals surface area contributed by atoms with E-state index in [-0.39, 0.29) is 18.4 Å². The Morgan fingerprint density at radius 2 is 1.96 bits per heavy atom. The Morgan fingerprint density at radius 3 is 2.64 bits per heavy atom. The van der Waals surface area contributed by atoms with E-state index in [1.807, 2.05) is 32.0 Å². The molecule has 7 heteroatoms. The summed E-state index contributed by atoms with van der Waals surface area (Å²) in [4.78, 5) is 6.90. The van der Waals surface area contributed by atoms with Gasteiger partial charge in [-0.15, -0.1) is 0 Å². The average molecular weight is 388 g/mol. The normalized spacial score (nSPS) is 16.8. The van der Waals surface area contributed by atoms with Gasteiger partial charge >= 0.3 is 0 Å². The number of aliphatic imine (C=N–C) groups is 1. The maximum atomic E-state index is 13.9. The van der Waals surface area contributed by atoms with Gasteiger partial charge in [-0.3, -0.25) is 4.90 Å². The second-order valence-corrected chi connectivity index (χ2v) is 6.78. The summed E-state index contributed by atoms with van der Waals surface area (Å²) in [5.74, 6) is 2.25. The predicted octanol–water partition coefficient (Wildman–Crippen LogP) is 2.86. The van der Waals surface area contributed by atoms with Gasteiger partial charge in [0.25, 0.3) is 0 Å². The lowest BCUT2D eigenvalue weighted by molar-refractivity contribution is 0.0124. The van der Waals surface area contributed by atoms with Crippen LogP contribution >= 0.6 is 0 Å². The molecule has 0 bridgehead atoms. The van der Waals surface area contributed by atoms with Crippen molar-refractivity contribution < 1.29 is 13.5 Å². The lowest BCUT2D eigenvalue weighted by Gasteiger charge is -2.33. The maximum absolute atomic E-state index is 13.9. The number of morpholine rings is 1.